The molecule has 14 heteroatoms. The summed E-state index contributed by atoms with van der Waals surface area (Å²) in [6, 6.07) is -0.842. The van der Waals surface area contributed by atoms with Crippen LogP contribution in [0.1, 0.15) is 41.0 Å². The van der Waals surface area contributed by atoms with Gasteiger partial charge < -0.3 is 19.9 Å². The van der Waals surface area contributed by atoms with E-state index < -0.39 is 32.1 Å². The highest BCUT2D eigenvalue weighted by Gasteiger charge is 2.35. The monoisotopic (exact) mass is 489 g/mol. The number of imidazole rings is 1. The van der Waals surface area contributed by atoms with E-state index >= 15 is 4.39 Å². The van der Waals surface area contributed by atoms with E-state index in [1.54, 1.807) is 20.8 Å². The van der Waals surface area contributed by atoms with Gasteiger partial charge in [0, 0.05) is 13.5 Å². The summed E-state index contributed by atoms with van der Waals surface area (Å²) < 4.78 is 50.1. The lowest BCUT2D eigenvalue weighted by atomic mass is 10.1. The van der Waals surface area contributed by atoms with Crippen molar-refractivity contribution in [1.29, 1.82) is 0 Å². The SMILES string of the molecule is CCOc1nc(N)nc2c1ncn2[C@](C)(F)C[C@@H](CO[P+](=O)N[C@H](C)C(=O)OC(C)C)OC. The fourth-order valence-corrected chi connectivity index (χ4v) is 3.72. The molecule has 4 atom stereocenters. The number of carbonyl (C=O) groups is 1. The maximum Gasteiger partial charge on any atom is 0.613 e. The molecule has 0 radical (unpaired) electrons. The van der Waals surface area contributed by atoms with Crippen LogP contribution in [0.5, 0.6) is 5.88 Å². The second-order valence-corrected chi connectivity index (χ2v) is 8.73. The van der Waals surface area contributed by atoms with Gasteiger partial charge in [-0.2, -0.15) is 9.97 Å². The Bertz CT molecular complexity index is 972. The minimum Gasteiger partial charge on any atom is -0.476 e. The van der Waals surface area contributed by atoms with Crippen molar-refractivity contribution in [3.8, 4) is 5.88 Å². The molecule has 0 aliphatic carbocycles. The molecule has 2 rings (SSSR count). The highest BCUT2D eigenvalue weighted by Crippen LogP contribution is 2.32. The van der Waals surface area contributed by atoms with Crippen molar-refractivity contribution in [1.82, 2.24) is 24.6 Å². The van der Waals surface area contributed by atoms with Crippen molar-refractivity contribution in [2.24, 2.45) is 0 Å². The molecule has 0 spiro atoms. The highest BCUT2D eigenvalue weighted by atomic mass is 31.1. The van der Waals surface area contributed by atoms with E-state index in [1.807, 2.05) is 0 Å². The van der Waals surface area contributed by atoms with E-state index in [9.17, 15) is 9.36 Å². The van der Waals surface area contributed by atoms with Crippen molar-refractivity contribution in [2.75, 3.05) is 26.1 Å². The molecule has 2 aromatic rings. The maximum atomic E-state index is 15.7. The number of aromatic nitrogens is 4. The highest BCUT2D eigenvalue weighted by molar-refractivity contribution is 7.36. The summed E-state index contributed by atoms with van der Waals surface area (Å²) in [5, 5.41) is 2.51. The van der Waals surface area contributed by atoms with Gasteiger partial charge in [-0.25, -0.2) is 9.37 Å². The molecule has 0 fully saturated rings. The van der Waals surface area contributed by atoms with Crippen LogP contribution >= 0.6 is 8.18 Å². The van der Waals surface area contributed by atoms with Gasteiger partial charge in [0.1, 0.15) is 12.6 Å². The lowest BCUT2D eigenvalue weighted by Crippen LogP contribution is -2.34. The standard InChI is InChI=1S/C19H31FN6O6P/c1-7-30-16-14-15(23-18(21)24-16)26(10-22-14)19(5,20)8-13(29-6)9-31-33(28)25-12(4)17(27)32-11(2)3/h10-13H,7-9H2,1-6H3,(H,25,28)(H2,21,23,24)/q+1/t12-,13+,19+/m1/s1. The van der Waals surface area contributed by atoms with Gasteiger partial charge in [0.05, 0.1) is 25.1 Å². The maximum absolute atomic E-state index is 15.7. The first-order valence-corrected chi connectivity index (χ1v) is 11.6. The zero-order chi connectivity index (χ0) is 24.8. The molecule has 1 unspecified atom stereocenters. The van der Waals surface area contributed by atoms with Gasteiger partial charge in [0.2, 0.25) is 11.8 Å². The molecule has 12 nitrogen and oxygen atoms in total. The third-order valence-corrected chi connectivity index (χ3v) is 5.46. The summed E-state index contributed by atoms with van der Waals surface area (Å²) in [6.45, 7) is 8.15. The van der Waals surface area contributed by atoms with Crippen LogP contribution in [-0.4, -0.2) is 64.1 Å². The Kier molecular flexibility index (Phi) is 9.41. The Morgan fingerprint density at radius 1 is 1.36 bits per heavy atom. The van der Waals surface area contributed by atoms with Crippen LogP contribution in [0.2, 0.25) is 0 Å². The van der Waals surface area contributed by atoms with E-state index in [2.05, 4.69) is 20.0 Å². The van der Waals surface area contributed by atoms with E-state index in [4.69, 9.17) is 24.5 Å². The van der Waals surface area contributed by atoms with Gasteiger partial charge in [-0.1, -0.05) is 5.09 Å². The number of esters is 1. The van der Waals surface area contributed by atoms with Gasteiger partial charge in [0.25, 0.3) is 0 Å². The van der Waals surface area contributed by atoms with Crippen molar-refractivity contribution in [3.63, 3.8) is 0 Å². The minimum atomic E-state index is -2.42. The van der Waals surface area contributed by atoms with Crippen LogP contribution in [0.15, 0.2) is 6.33 Å². The molecule has 0 bridgehead atoms. The number of hydrogen-bond donors (Lipinski definition) is 2. The van der Waals surface area contributed by atoms with Crippen LogP contribution < -0.4 is 15.6 Å². The molecule has 2 aromatic heterocycles. The number of ether oxygens (including phenoxy) is 3. The van der Waals surface area contributed by atoms with Gasteiger partial charge in [-0.3, -0.25) is 9.36 Å². The van der Waals surface area contributed by atoms with Crippen molar-refractivity contribution in [2.45, 2.75) is 65.1 Å². The molecular formula is C19H31FN6O6P+. The largest absolute Gasteiger partial charge is 0.613 e. The molecule has 0 amide bonds. The van der Waals surface area contributed by atoms with Crippen molar-refractivity contribution < 1.29 is 32.5 Å². The van der Waals surface area contributed by atoms with Crippen LogP contribution in [0, 0.1) is 0 Å². The number of methoxy groups -OCH3 is 1. The van der Waals surface area contributed by atoms with Crippen molar-refractivity contribution in [3.05, 3.63) is 6.33 Å². The number of hydrogen-bond acceptors (Lipinski definition) is 10. The molecule has 33 heavy (non-hydrogen) atoms. The Balaban J connectivity index is 2.05. The number of alkyl halides is 1. The van der Waals surface area contributed by atoms with E-state index in [0.717, 1.165) is 0 Å². The molecular weight excluding hydrogens is 458 g/mol. The number of fused-ring (bicyclic) bond motifs is 1. The smallest absolute Gasteiger partial charge is 0.476 e. The predicted molar refractivity (Wildman–Crippen MR) is 118 cm³/mol. The van der Waals surface area contributed by atoms with Gasteiger partial charge in [-0.05, 0) is 39.2 Å². The molecule has 184 valence electrons. The Labute approximate surface area is 192 Å². The van der Waals surface area contributed by atoms with Gasteiger partial charge in [0.15, 0.2) is 17.0 Å². The number of nitrogens with two attached hydrogens (primary N) is 1. The molecule has 0 saturated heterocycles. The van der Waals surface area contributed by atoms with E-state index in [-0.39, 0.29) is 42.1 Å². The first-order chi connectivity index (χ1) is 15.5. The summed E-state index contributed by atoms with van der Waals surface area (Å²) in [5.74, 6) is -2.50. The Morgan fingerprint density at radius 3 is 2.67 bits per heavy atom. The Hall–Kier alpha value is -2.47. The summed E-state index contributed by atoms with van der Waals surface area (Å²) >= 11 is 0. The average molecular weight is 489 g/mol. The van der Waals surface area contributed by atoms with E-state index in [1.165, 1.54) is 31.9 Å². The quantitative estimate of drug-likeness (QED) is 0.315. The Morgan fingerprint density at radius 2 is 2.06 bits per heavy atom. The number of halogens is 1. The topological polar surface area (TPSA) is 153 Å². The number of anilines is 1. The lowest BCUT2D eigenvalue weighted by molar-refractivity contribution is -0.149. The molecule has 0 aromatic carbocycles. The van der Waals surface area contributed by atoms with Crippen LogP contribution in [0.25, 0.3) is 11.2 Å². The van der Waals surface area contributed by atoms with Gasteiger partial charge in [-0.15, -0.1) is 4.52 Å². The third-order valence-electron chi connectivity index (χ3n) is 4.48. The molecule has 0 aliphatic rings. The summed E-state index contributed by atoms with van der Waals surface area (Å²) in [7, 11) is -1.04. The zero-order valence-electron chi connectivity index (χ0n) is 19.6. The second-order valence-electron chi connectivity index (χ2n) is 7.70. The van der Waals surface area contributed by atoms with Gasteiger partial charge >= 0.3 is 14.1 Å². The normalized spacial score (nSPS) is 15.8. The summed E-state index contributed by atoms with van der Waals surface area (Å²) in [6.07, 6.45) is 0.0161. The fourth-order valence-electron chi connectivity index (χ4n) is 2.93. The summed E-state index contributed by atoms with van der Waals surface area (Å²) in [5.41, 5.74) is 6.18. The predicted octanol–water partition coefficient (Wildman–Crippen LogP) is 2.46. The minimum absolute atomic E-state index is 0.0803. The number of rotatable bonds is 13. The number of nitrogens with zero attached hydrogens (tertiary/aromatic N) is 4. The first-order valence-electron chi connectivity index (χ1n) is 10.4. The molecule has 0 saturated carbocycles. The zero-order valence-corrected chi connectivity index (χ0v) is 20.5. The van der Waals surface area contributed by atoms with Crippen LogP contribution in [0.4, 0.5) is 10.3 Å². The number of carbonyl (C=O) groups excluding carboxylic acids is 1. The second kappa shape index (κ2) is 11.6. The van der Waals surface area contributed by atoms with E-state index in [0.29, 0.717) is 6.61 Å². The molecule has 2 heterocycles. The average Bonchev–Trinajstić information content (AvgIpc) is 3.15. The van der Waals surface area contributed by atoms with Crippen molar-refractivity contribution >= 4 is 31.3 Å². The summed E-state index contributed by atoms with van der Waals surface area (Å²) in [4.78, 5) is 24.1. The molecule has 3 N–H and O–H groups in total. The number of nitrogens with one attached hydrogen (secondary N) is 1. The fraction of sp³-hybridized carbons (Fsp3) is 0.684. The first kappa shape index (κ1) is 26.8. The van der Waals surface area contributed by atoms with Crippen LogP contribution in [-0.2, 0) is 29.1 Å². The number of nitrogen functional groups attached to an aromatic ring is 1. The van der Waals surface area contributed by atoms with Crippen LogP contribution in [0.3, 0.4) is 0 Å². The molecule has 0 aliphatic heterocycles. The lowest BCUT2D eigenvalue weighted by Gasteiger charge is -2.26. The third kappa shape index (κ3) is 7.26.